The second-order valence-corrected chi connectivity index (χ2v) is 12.3. The molecule has 0 aliphatic rings. The van der Waals surface area contributed by atoms with Gasteiger partial charge in [0, 0.05) is 5.92 Å². The van der Waals surface area contributed by atoms with E-state index in [1.807, 2.05) is 13.8 Å². The predicted molar refractivity (Wildman–Crippen MR) is 165 cm³/mol. The number of rotatable bonds is 21. The highest BCUT2D eigenvalue weighted by Gasteiger charge is 2.35. The minimum Gasteiger partial charge on any atom is -0.328 e. The first kappa shape index (κ1) is 33.0. The number of unbranched alkanes of at least 4 members (excludes halogenated alkanes) is 12. The third kappa shape index (κ3) is 12.7. The molecule has 214 valence electrons. The van der Waals surface area contributed by atoms with Crippen LogP contribution in [0, 0.1) is 0 Å². The molecule has 2 rings (SSSR count). The van der Waals surface area contributed by atoms with Gasteiger partial charge in [0.15, 0.2) is 0 Å². The Labute approximate surface area is 235 Å². The third-order valence-corrected chi connectivity index (χ3v) is 8.41. The van der Waals surface area contributed by atoms with Crippen LogP contribution >= 0.6 is 8.60 Å². The van der Waals surface area contributed by atoms with Crippen molar-refractivity contribution in [3.05, 3.63) is 70.8 Å². The molecule has 2 aromatic carbocycles. The molecule has 0 aromatic heterocycles. The van der Waals surface area contributed by atoms with Gasteiger partial charge in [-0.25, -0.2) is 0 Å². The van der Waals surface area contributed by atoms with Gasteiger partial charge in [-0.3, -0.25) is 0 Å². The van der Waals surface area contributed by atoms with Crippen LogP contribution in [0.2, 0.25) is 0 Å². The molecule has 0 aliphatic heterocycles. The summed E-state index contributed by atoms with van der Waals surface area (Å²) in [4.78, 5) is 19.4. The Morgan fingerprint density at radius 1 is 0.579 bits per heavy atom. The van der Waals surface area contributed by atoms with Gasteiger partial charge in [0.25, 0.3) is 0 Å². The van der Waals surface area contributed by atoms with E-state index in [0.29, 0.717) is 0 Å². The average Bonchev–Trinajstić information content (AvgIpc) is 2.88. The van der Waals surface area contributed by atoms with Crippen LogP contribution in [0.4, 0.5) is 0 Å². The first-order valence-electron chi connectivity index (χ1n) is 15.4. The summed E-state index contributed by atoms with van der Waals surface area (Å²) in [6.45, 7) is 8.44. The first-order valence-corrected chi connectivity index (χ1v) is 16.6. The highest BCUT2D eigenvalue weighted by atomic mass is 31.2. The van der Waals surface area contributed by atoms with Crippen LogP contribution in [0.15, 0.2) is 48.5 Å². The minimum atomic E-state index is -2.45. The Hall–Kier alpha value is -1.25. The van der Waals surface area contributed by atoms with Gasteiger partial charge in [-0.05, 0) is 61.8 Å². The van der Waals surface area contributed by atoms with E-state index in [2.05, 4.69) is 62.4 Å². The predicted octanol–water partition coefficient (Wildman–Crippen LogP) is 10.4. The SMILES string of the molecule is CCCCCCCCCc1ccc(C(c2ccc(CCCCCCCCC)cc2)C(C)(C)OP(O)O)cc1. The number of hydrogen-bond donors (Lipinski definition) is 2. The maximum Gasteiger partial charge on any atom is 0.327 e. The van der Waals surface area contributed by atoms with E-state index in [9.17, 15) is 9.79 Å². The largest absolute Gasteiger partial charge is 0.328 e. The molecule has 38 heavy (non-hydrogen) atoms. The quantitative estimate of drug-likeness (QED) is 0.122. The molecule has 0 saturated heterocycles. The lowest BCUT2D eigenvalue weighted by molar-refractivity contribution is 0.0744. The smallest absolute Gasteiger partial charge is 0.327 e. The summed E-state index contributed by atoms with van der Waals surface area (Å²) in [6.07, 6.45) is 20.8. The van der Waals surface area contributed by atoms with Crippen LogP contribution in [0.1, 0.15) is 146 Å². The van der Waals surface area contributed by atoms with Crippen LogP contribution in [0.5, 0.6) is 0 Å². The molecule has 0 unspecified atom stereocenters. The first-order chi connectivity index (χ1) is 18.4. The fourth-order valence-corrected chi connectivity index (χ4v) is 6.11. The maximum atomic E-state index is 9.69. The lowest BCUT2D eigenvalue weighted by Crippen LogP contribution is -2.32. The van der Waals surface area contributed by atoms with Crippen molar-refractivity contribution in [2.75, 3.05) is 0 Å². The van der Waals surface area contributed by atoms with Gasteiger partial charge in [-0.15, -0.1) is 0 Å². The van der Waals surface area contributed by atoms with Crippen molar-refractivity contribution in [3.8, 4) is 0 Å². The van der Waals surface area contributed by atoms with Crippen LogP contribution in [-0.4, -0.2) is 15.4 Å². The van der Waals surface area contributed by atoms with E-state index in [1.54, 1.807) is 0 Å². The van der Waals surface area contributed by atoms with Gasteiger partial charge in [-0.1, -0.05) is 139 Å². The van der Waals surface area contributed by atoms with Crippen LogP contribution in [-0.2, 0) is 17.4 Å². The van der Waals surface area contributed by atoms with E-state index in [4.69, 9.17) is 4.52 Å². The molecule has 0 atom stereocenters. The lowest BCUT2D eigenvalue weighted by atomic mass is 9.79. The van der Waals surface area contributed by atoms with Gasteiger partial charge in [0.05, 0.1) is 5.60 Å². The Kier molecular flexibility index (Phi) is 16.4. The monoisotopic (exact) mass is 542 g/mol. The maximum absolute atomic E-state index is 9.69. The van der Waals surface area contributed by atoms with Crippen molar-refractivity contribution in [1.82, 2.24) is 0 Å². The number of aryl methyl sites for hydroxylation is 2. The van der Waals surface area contributed by atoms with Crippen LogP contribution in [0.3, 0.4) is 0 Å². The molecule has 2 N–H and O–H groups in total. The van der Waals surface area contributed by atoms with E-state index >= 15 is 0 Å². The van der Waals surface area contributed by atoms with Crippen molar-refractivity contribution in [1.29, 1.82) is 0 Å². The fraction of sp³-hybridized carbons (Fsp3) is 0.647. The van der Waals surface area contributed by atoms with Crippen molar-refractivity contribution in [2.45, 2.75) is 142 Å². The van der Waals surface area contributed by atoms with E-state index in [1.165, 1.54) is 101 Å². The number of benzene rings is 2. The van der Waals surface area contributed by atoms with Gasteiger partial charge in [0.1, 0.15) is 0 Å². The Morgan fingerprint density at radius 3 is 1.26 bits per heavy atom. The van der Waals surface area contributed by atoms with E-state index < -0.39 is 14.2 Å². The van der Waals surface area contributed by atoms with E-state index in [-0.39, 0.29) is 5.92 Å². The minimum absolute atomic E-state index is 0.0907. The number of hydrogen-bond acceptors (Lipinski definition) is 3. The highest BCUT2D eigenvalue weighted by molar-refractivity contribution is 7.39. The summed E-state index contributed by atoms with van der Waals surface area (Å²) in [7, 11) is -2.45. The summed E-state index contributed by atoms with van der Waals surface area (Å²) in [5.74, 6) is -0.0907. The topological polar surface area (TPSA) is 49.7 Å². The molecule has 0 fully saturated rings. The van der Waals surface area contributed by atoms with Crippen LogP contribution < -0.4 is 0 Å². The molecule has 0 heterocycles. The average molecular weight is 543 g/mol. The zero-order valence-corrected chi connectivity index (χ0v) is 25.7. The molecule has 0 spiro atoms. The molecule has 4 heteroatoms. The standard InChI is InChI=1S/C34H55O3P/c1-5-7-9-11-13-15-17-19-29-21-25-31(26-22-29)33(34(3,4)37-38(35)36)32-27-23-30(24-28-32)20-18-16-14-12-10-8-6-2/h21-28,33,35-36H,5-20H2,1-4H3. The Balaban J connectivity index is 2.00. The Morgan fingerprint density at radius 2 is 0.921 bits per heavy atom. The summed E-state index contributed by atoms with van der Waals surface area (Å²) >= 11 is 0. The summed E-state index contributed by atoms with van der Waals surface area (Å²) < 4.78 is 5.68. The summed E-state index contributed by atoms with van der Waals surface area (Å²) in [5, 5.41) is 0. The molecular weight excluding hydrogens is 487 g/mol. The van der Waals surface area contributed by atoms with Gasteiger partial charge < -0.3 is 14.3 Å². The lowest BCUT2D eigenvalue weighted by Gasteiger charge is -2.35. The fourth-order valence-electron chi connectivity index (χ4n) is 5.58. The van der Waals surface area contributed by atoms with Gasteiger partial charge in [0.2, 0.25) is 0 Å². The molecule has 3 nitrogen and oxygen atoms in total. The molecule has 0 saturated carbocycles. The van der Waals surface area contributed by atoms with Gasteiger partial charge >= 0.3 is 8.60 Å². The second kappa shape index (κ2) is 18.9. The molecule has 0 aliphatic carbocycles. The molecule has 0 amide bonds. The van der Waals surface area contributed by atoms with Crippen molar-refractivity contribution in [2.24, 2.45) is 0 Å². The zero-order valence-electron chi connectivity index (χ0n) is 24.8. The second-order valence-electron chi connectivity index (χ2n) is 11.6. The molecule has 0 radical (unpaired) electrons. The van der Waals surface area contributed by atoms with Crippen molar-refractivity contribution >= 4 is 8.60 Å². The Bertz CT molecular complexity index is 784. The van der Waals surface area contributed by atoms with Crippen molar-refractivity contribution in [3.63, 3.8) is 0 Å². The normalized spacial score (nSPS) is 12.1. The van der Waals surface area contributed by atoms with E-state index in [0.717, 1.165) is 24.0 Å². The molecule has 2 aromatic rings. The summed E-state index contributed by atoms with van der Waals surface area (Å²) in [6, 6.07) is 17.8. The molecule has 0 bridgehead atoms. The van der Waals surface area contributed by atoms with Crippen LogP contribution in [0.25, 0.3) is 0 Å². The highest BCUT2D eigenvalue weighted by Crippen LogP contribution is 2.44. The van der Waals surface area contributed by atoms with Crippen molar-refractivity contribution < 1.29 is 14.3 Å². The van der Waals surface area contributed by atoms with Gasteiger partial charge in [-0.2, -0.15) is 0 Å². The third-order valence-electron chi connectivity index (χ3n) is 7.78. The summed E-state index contributed by atoms with van der Waals surface area (Å²) in [5.41, 5.74) is 4.28. The molecular formula is C34H55O3P. The zero-order chi connectivity index (χ0) is 27.6.